The summed E-state index contributed by atoms with van der Waals surface area (Å²) in [6, 6.07) is 15.3. The van der Waals surface area contributed by atoms with Gasteiger partial charge in [-0.25, -0.2) is 17.1 Å². The summed E-state index contributed by atoms with van der Waals surface area (Å²) in [6.07, 6.45) is 2.53. The van der Waals surface area contributed by atoms with E-state index in [0.29, 0.717) is 31.4 Å². The third kappa shape index (κ3) is 5.47. The molecule has 27 heavy (non-hydrogen) atoms. The molecule has 1 atom stereocenters. The molecular weight excluding hydrogens is 365 g/mol. The Morgan fingerprint density at radius 3 is 2.44 bits per heavy atom. The zero-order chi connectivity index (χ0) is 19.3. The minimum absolute atomic E-state index is 0.125. The lowest BCUT2D eigenvalue weighted by Gasteiger charge is -2.31. The van der Waals surface area contributed by atoms with Crippen LogP contribution in [0, 0.1) is 11.7 Å². The van der Waals surface area contributed by atoms with Gasteiger partial charge in [0.1, 0.15) is 11.6 Å². The van der Waals surface area contributed by atoms with Crippen LogP contribution in [0.2, 0.25) is 0 Å². The van der Waals surface area contributed by atoms with Gasteiger partial charge in [-0.3, -0.25) is 4.79 Å². The fourth-order valence-corrected chi connectivity index (χ4v) is 5.07. The number of benzene rings is 2. The molecule has 0 bridgehead atoms. The molecular formula is C21H24FNO3S. The van der Waals surface area contributed by atoms with E-state index in [-0.39, 0.29) is 24.0 Å². The number of halogens is 1. The van der Waals surface area contributed by atoms with Gasteiger partial charge in [-0.1, -0.05) is 42.5 Å². The van der Waals surface area contributed by atoms with Crippen molar-refractivity contribution < 1.29 is 17.6 Å². The predicted octanol–water partition coefficient (Wildman–Crippen LogP) is 3.57. The van der Waals surface area contributed by atoms with E-state index in [1.807, 2.05) is 30.3 Å². The van der Waals surface area contributed by atoms with Crippen molar-refractivity contribution in [3.8, 4) is 0 Å². The van der Waals surface area contributed by atoms with Crippen molar-refractivity contribution in [2.45, 2.75) is 31.4 Å². The first kappa shape index (κ1) is 19.7. The number of sulfonamides is 1. The standard InChI is InChI=1S/C21H24FNO3S/c22-20-11-8-18(9-12-20)16-27(25,26)23-14-4-7-19(15-23)21(24)13-10-17-5-2-1-3-6-17/h1-3,5-6,8-9,11-12,19H,4,7,10,13-16H2. The summed E-state index contributed by atoms with van der Waals surface area (Å²) in [5, 5.41) is 0. The van der Waals surface area contributed by atoms with Gasteiger partial charge < -0.3 is 0 Å². The van der Waals surface area contributed by atoms with Gasteiger partial charge in [-0.2, -0.15) is 0 Å². The molecule has 1 aliphatic heterocycles. The molecule has 1 saturated heterocycles. The molecule has 0 aliphatic carbocycles. The second-order valence-corrected chi connectivity index (χ2v) is 9.00. The highest BCUT2D eigenvalue weighted by atomic mass is 32.2. The lowest BCUT2D eigenvalue weighted by Crippen LogP contribution is -2.42. The van der Waals surface area contributed by atoms with Gasteiger partial charge in [0.25, 0.3) is 0 Å². The van der Waals surface area contributed by atoms with E-state index in [0.717, 1.165) is 12.0 Å². The average molecular weight is 389 g/mol. The first-order chi connectivity index (χ1) is 12.9. The Balaban J connectivity index is 1.59. The van der Waals surface area contributed by atoms with E-state index in [1.165, 1.54) is 28.6 Å². The second-order valence-electron chi connectivity index (χ2n) is 7.03. The maximum atomic E-state index is 13.0. The van der Waals surface area contributed by atoms with Gasteiger partial charge in [-0.15, -0.1) is 0 Å². The summed E-state index contributed by atoms with van der Waals surface area (Å²) in [5.41, 5.74) is 1.66. The van der Waals surface area contributed by atoms with Crippen LogP contribution in [0.1, 0.15) is 30.4 Å². The predicted molar refractivity (Wildman–Crippen MR) is 103 cm³/mol. The number of nitrogens with zero attached hydrogens (tertiary/aromatic N) is 1. The molecule has 0 radical (unpaired) electrons. The number of Topliss-reactive ketones (excluding diaryl/α,β-unsaturated/α-hetero) is 1. The topological polar surface area (TPSA) is 54.5 Å². The molecule has 1 fully saturated rings. The number of ketones is 1. The van der Waals surface area contributed by atoms with E-state index in [9.17, 15) is 17.6 Å². The first-order valence-corrected chi connectivity index (χ1v) is 10.8. The molecule has 1 heterocycles. The van der Waals surface area contributed by atoms with Crippen LogP contribution in [0.25, 0.3) is 0 Å². The summed E-state index contributed by atoms with van der Waals surface area (Å²) in [6.45, 7) is 0.684. The van der Waals surface area contributed by atoms with E-state index < -0.39 is 15.8 Å². The SMILES string of the molecule is O=C(CCc1ccccc1)C1CCCN(S(=O)(=O)Cc2ccc(F)cc2)C1. The Hall–Kier alpha value is -2.05. The van der Waals surface area contributed by atoms with Crippen molar-refractivity contribution in [3.05, 3.63) is 71.5 Å². The lowest BCUT2D eigenvalue weighted by atomic mass is 9.91. The van der Waals surface area contributed by atoms with Crippen LogP contribution in [0.5, 0.6) is 0 Å². The van der Waals surface area contributed by atoms with Crippen LogP contribution in [-0.2, 0) is 27.0 Å². The summed E-state index contributed by atoms with van der Waals surface area (Å²) in [5.74, 6) is -0.678. The van der Waals surface area contributed by atoms with Crippen molar-refractivity contribution in [1.29, 1.82) is 0 Å². The molecule has 3 rings (SSSR count). The highest BCUT2D eigenvalue weighted by Crippen LogP contribution is 2.23. The third-order valence-corrected chi connectivity index (χ3v) is 6.81. The summed E-state index contributed by atoms with van der Waals surface area (Å²) in [4.78, 5) is 12.6. The van der Waals surface area contributed by atoms with Crippen LogP contribution in [0.15, 0.2) is 54.6 Å². The minimum atomic E-state index is -3.52. The fraction of sp³-hybridized carbons (Fsp3) is 0.381. The molecule has 0 N–H and O–H groups in total. The highest BCUT2D eigenvalue weighted by molar-refractivity contribution is 7.88. The minimum Gasteiger partial charge on any atom is -0.299 e. The largest absolute Gasteiger partial charge is 0.299 e. The van der Waals surface area contributed by atoms with Gasteiger partial charge in [0.05, 0.1) is 5.75 Å². The van der Waals surface area contributed by atoms with Crippen molar-refractivity contribution in [1.82, 2.24) is 4.31 Å². The number of aryl methyl sites for hydroxylation is 1. The normalized spacial score (nSPS) is 18.3. The summed E-state index contributed by atoms with van der Waals surface area (Å²) in [7, 11) is -3.52. The van der Waals surface area contributed by atoms with Crippen LogP contribution in [0.4, 0.5) is 4.39 Å². The third-order valence-electron chi connectivity index (χ3n) is 5.00. The molecule has 0 spiro atoms. The second kappa shape index (κ2) is 8.76. The Bertz CT molecular complexity index is 866. The monoisotopic (exact) mass is 389 g/mol. The van der Waals surface area contributed by atoms with Gasteiger partial charge in [0.15, 0.2) is 0 Å². The number of carbonyl (C=O) groups excluding carboxylic acids is 1. The summed E-state index contributed by atoms with van der Waals surface area (Å²) >= 11 is 0. The average Bonchev–Trinajstić information content (AvgIpc) is 2.68. The Morgan fingerprint density at radius 2 is 1.74 bits per heavy atom. The van der Waals surface area contributed by atoms with Crippen molar-refractivity contribution in [2.24, 2.45) is 5.92 Å². The first-order valence-electron chi connectivity index (χ1n) is 9.23. The van der Waals surface area contributed by atoms with Gasteiger partial charge in [-0.05, 0) is 42.5 Å². The number of hydrogen-bond acceptors (Lipinski definition) is 3. The molecule has 144 valence electrons. The molecule has 2 aromatic carbocycles. The van der Waals surface area contributed by atoms with Gasteiger partial charge in [0, 0.05) is 25.4 Å². The highest BCUT2D eigenvalue weighted by Gasteiger charge is 2.32. The number of piperidine rings is 1. The summed E-state index contributed by atoms with van der Waals surface area (Å²) < 4.78 is 39.9. The molecule has 1 unspecified atom stereocenters. The van der Waals surface area contributed by atoms with Crippen LogP contribution >= 0.6 is 0 Å². The number of hydrogen-bond donors (Lipinski definition) is 0. The van der Waals surface area contributed by atoms with Crippen molar-refractivity contribution >= 4 is 15.8 Å². The quantitative estimate of drug-likeness (QED) is 0.727. The molecule has 6 heteroatoms. The van der Waals surface area contributed by atoms with E-state index in [1.54, 1.807) is 0 Å². The molecule has 1 aliphatic rings. The van der Waals surface area contributed by atoms with Crippen LogP contribution in [-0.4, -0.2) is 31.6 Å². The zero-order valence-electron chi connectivity index (χ0n) is 15.2. The Kier molecular flexibility index (Phi) is 6.39. The van der Waals surface area contributed by atoms with Gasteiger partial charge >= 0.3 is 0 Å². The van der Waals surface area contributed by atoms with Crippen molar-refractivity contribution in [2.75, 3.05) is 13.1 Å². The molecule has 0 saturated carbocycles. The maximum absolute atomic E-state index is 13.0. The number of carbonyl (C=O) groups is 1. The van der Waals surface area contributed by atoms with Crippen LogP contribution < -0.4 is 0 Å². The molecule has 2 aromatic rings. The van der Waals surface area contributed by atoms with E-state index >= 15 is 0 Å². The molecule has 0 aromatic heterocycles. The number of rotatable bonds is 7. The maximum Gasteiger partial charge on any atom is 0.218 e. The fourth-order valence-electron chi connectivity index (χ4n) is 3.46. The molecule has 0 amide bonds. The van der Waals surface area contributed by atoms with Crippen LogP contribution in [0.3, 0.4) is 0 Å². The zero-order valence-corrected chi connectivity index (χ0v) is 16.0. The smallest absolute Gasteiger partial charge is 0.218 e. The van der Waals surface area contributed by atoms with E-state index in [4.69, 9.17) is 0 Å². The van der Waals surface area contributed by atoms with E-state index in [2.05, 4.69) is 0 Å². The van der Waals surface area contributed by atoms with Crippen molar-refractivity contribution in [3.63, 3.8) is 0 Å². The Labute approximate surface area is 160 Å². The molecule has 4 nitrogen and oxygen atoms in total. The van der Waals surface area contributed by atoms with Gasteiger partial charge in [0.2, 0.25) is 10.0 Å². The Morgan fingerprint density at radius 1 is 1.04 bits per heavy atom. The lowest BCUT2D eigenvalue weighted by molar-refractivity contribution is -0.123.